The first-order valence-corrected chi connectivity index (χ1v) is 9.73. The van der Waals surface area contributed by atoms with E-state index < -0.39 is 0 Å². The molecule has 0 aliphatic carbocycles. The average molecular weight is 393 g/mol. The molecule has 0 atom stereocenters. The molecule has 4 heteroatoms. The molecule has 6 N–H and O–H groups in total. The van der Waals surface area contributed by atoms with Gasteiger partial charge in [0.2, 0.25) is 0 Å². The summed E-state index contributed by atoms with van der Waals surface area (Å²) in [4.78, 5) is 2.17. The predicted molar refractivity (Wildman–Crippen MR) is 130 cm³/mol. The molecule has 30 heavy (non-hydrogen) atoms. The first kappa shape index (κ1) is 19.2. The van der Waals surface area contributed by atoms with Crippen molar-refractivity contribution in [3.63, 3.8) is 0 Å². The van der Waals surface area contributed by atoms with E-state index in [9.17, 15) is 0 Å². The lowest BCUT2D eigenvalue weighted by Crippen LogP contribution is -2.10. The normalized spacial score (nSPS) is 10.9. The number of hydrogen-bond donors (Lipinski definition) is 3. The van der Waals surface area contributed by atoms with Gasteiger partial charge in [0.25, 0.3) is 0 Å². The number of rotatable bonds is 5. The van der Waals surface area contributed by atoms with Crippen LogP contribution in [-0.2, 0) is 0 Å². The summed E-state index contributed by atoms with van der Waals surface area (Å²) in [5.74, 6) is 0. The molecule has 0 spiro atoms. The molecule has 0 saturated heterocycles. The Balaban J connectivity index is 1.64. The van der Waals surface area contributed by atoms with Crippen molar-refractivity contribution < 1.29 is 0 Å². The van der Waals surface area contributed by atoms with E-state index in [2.05, 4.69) is 41.3 Å². The molecular formula is C26H24N4. The van der Waals surface area contributed by atoms with Crippen LogP contribution in [0.3, 0.4) is 0 Å². The van der Waals surface area contributed by atoms with Crippen LogP contribution in [0.15, 0.2) is 97.1 Å². The second kappa shape index (κ2) is 8.45. The minimum absolute atomic E-state index is 0.735. The summed E-state index contributed by atoms with van der Waals surface area (Å²) in [5.41, 5.74) is 25.1. The summed E-state index contributed by atoms with van der Waals surface area (Å²) in [6.45, 7) is 0. The van der Waals surface area contributed by atoms with Gasteiger partial charge in [0, 0.05) is 34.1 Å². The molecule has 0 fully saturated rings. The van der Waals surface area contributed by atoms with Crippen molar-refractivity contribution in [1.82, 2.24) is 0 Å². The number of nitrogens with zero attached hydrogens (tertiary/aromatic N) is 1. The zero-order chi connectivity index (χ0) is 20.9. The quantitative estimate of drug-likeness (QED) is 0.284. The third-order valence-electron chi connectivity index (χ3n) is 4.86. The van der Waals surface area contributed by atoms with Gasteiger partial charge in [0.15, 0.2) is 0 Å². The summed E-state index contributed by atoms with van der Waals surface area (Å²) in [5, 5.41) is 0. The minimum Gasteiger partial charge on any atom is -0.399 e. The lowest BCUT2D eigenvalue weighted by Gasteiger charge is -2.25. The minimum atomic E-state index is 0.735. The van der Waals surface area contributed by atoms with E-state index in [0.717, 1.165) is 45.3 Å². The van der Waals surface area contributed by atoms with E-state index in [0.29, 0.717) is 0 Å². The second-order valence-corrected chi connectivity index (χ2v) is 7.11. The Hall–Kier alpha value is -4.18. The smallest absolute Gasteiger partial charge is 0.0463 e. The fraction of sp³-hybridized carbons (Fsp3) is 0. The van der Waals surface area contributed by atoms with Gasteiger partial charge >= 0.3 is 0 Å². The van der Waals surface area contributed by atoms with Gasteiger partial charge < -0.3 is 22.1 Å². The van der Waals surface area contributed by atoms with Crippen LogP contribution in [0.1, 0.15) is 11.1 Å². The third-order valence-corrected chi connectivity index (χ3v) is 4.86. The summed E-state index contributed by atoms with van der Waals surface area (Å²) >= 11 is 0. The molecule has 0 aliphatic rings. The summed E-state index contributed by atoms with van der Waals surface area (Å²) < 4.78 is 0. The Kier molecular flexibility index (Phi) is 5.39. The van der Waals surface area contributed by atoms with Gasteiger partial charge in [0.05, 0.1) is 0 Å². The first-order chi connectivity index (χ1) is 14.6. The zero-order valence-electron chi connectivity index (χ0n) is 16.6. The molecule has 0 aliphatic heterocycles. The summed E-state index contributed by atoms with van der Waals surface area (Å²) in [7, 11) is 0. The van der Waals surface area contributed by atoms with Gasteiger partial charge in [-0.3, -0.25) is 0 Å². The van der Waals surface area contributed by atoms with Gasteiger partial charge in [-0.25, -0.2) is 0 Å². The highest BCUT2D eigenvalue weighted by atomic mass is 15.1. The van der Waals surface area contributed by atoms with Crippen LogP contribution in [0.5, 0.6) is 0 Å². The largest absolute Gasteiger partial charge is 0.399 e. The number of hydrogen-bond acceptors (Lipinski definition) is 4. The molecule has 0 amide bonds. The molecule has 4 aromatic carbocycles. The molecule has 0 saturated carbocycles. The number of nitrogens with two attached hydrogens (primary N) is 3. The summed E-state index contributed by atoms with van der Waals surface area (Å²) in [6, 6.07) is 31.9. The van der Waals surface area contributed by atoms with Crippen LogP contribution in [0, 0.1) is 0 Å². The monoisotopic (exact) mass is 392 g/mol. The van der Waals surface area contributed by atoms with E-state index in [1.54, 1.807) is 0 Å². The van der Waals surface area contributed by atoms with Gasteiger partial charge in [-0.1, -0.05) is 36.4 Å². The molecule has 148 valence electrons. The SMILES string of the molecule is Nc1ccc(C=Cc2ccc(N(c3ccc(N)cc3)c3ccc(N)cc3)cc2)cc1. The van der Waals surface area contributed by atoms with Crippen molar-refractivity contribution >= 4 is 46.3 Å². The molecule has 0 heterocycles. The number of benzene rings is 4. The van der Waals surface area contributed by atoms with Crippen LogP contribution in [0.2, 0.25) is 0 Å². The molecule has 0 radical (unpaired) electrons. The Labute approximate surface area is 176 Å². The van der Waals surface area contributed by atoms with Crippen molar-refractivity contribution in [3.05, 3.63) is 108 Å². The van der Waals surface area contributed by atoms with Crippen molar-refractivity contribution in [1.29, 1.82) is 0 Å². The fourth-order valence-corrected chi connectivity index (χ4v) is 3.23. The highest BCUT2D eigenvalue weighted by Gasteiger charge is 2.12. The van der Waals surface area contributed by atoms with Gasteiger partial charge in [0.1, 0.15) is 0 Å². The Bertz CT molecular complexity index is 1080. The van der Waals surface area contributed by atoms with Gasteiger partial charge in [-0.15, -0.1) is 0 Å². The lowest BCUT2D eigenvalue weighted by molar-refractivity contribution is 1.28. The maximum atomic E-state index is 5.88. The van der Waals surface area contributed by atoms with E-state index in [1.165, 1.54) is 0 Å². The van der Waals surface area contributed by atoms with Crippen molar-refractivity contribution in [2.24, 2.45) is 0 Å². The van der Waals surface area contributed by atoms with E-state index in [4.69, 9.17) is 17.2 Å². The highest BCUT2D eigenvalue weighted by Crippen LogP contribution is 2.35. The van der Waals surface area contributed by atoms with Crippen LogP contribution >= 0.6 is 0 Å². The maximum Gasteiger partial charge on any atom is 0.0463 e. The van der Waals surface area contributed by atoms with Crippen LogP contribution < -0.4 is 22.1 Å². The van der Waals surface area contributed by atoms with Crippen molar-refractivity contribution in [3.8, 4) is 0 Å². The molecule has 0 aromatic heterocycles. The lowest BCUT2D eigenvalue weighted by atomic mass is 10.1. The van der Waals surface area contributed by atoms with Gasteiger partial charge in [-0.05, 0) is 83.9 Å². The maximum absolute atomic E-state index is 5.88. The first-order valence-electron chi connectivity index (χ1n) is 9.73. The topological polar surface area (TPSA) is 81.3 Å². The standard InChI is InChI=1S/C26H24N4/c27-21-7-3-19(4-8-21)1-2-20-5-13-24(14-6-20)30(25-15-9-22(28)10-16-25)26-17-11-23(29)12-18-26/h1-18H,27-29H2. The molecule has 4 rings (SSSR count). The van der Waals surface area contributed by atoms with Crippen LogP contribution in [0.4, 0.5) is 34.1 Å². The second-order valence-electron chi connectivity index (χ2n) is 7.11. The van der Waals surface area contributed by atoms with E-state index in [1.807, 2.05) is 72.8 Å². The predicted octanol–water partition coefficient (Wildman–Crippen LogP) is 6.07. The average Bonchev–Trinajstić information content (AvgIpc) is 2.77. The number of anilines is 6. The molecular weight excluding hydrogens is 368 g/mol. The summed E-state index contributed by atoms with van der Waals surface area (Å²) in [6.07, 6.45) is 4.16. The van der Waals surface area contributed by atoms with E-state index >= 15 is 0 Å². The highest BCUT2D eigenvalue weighted by molar-refractivity contribution is 5.79. The number of nitrogen functional groups attached to an aromatic ring is 3. The molecule has 0 bridgehead atoms. The Morgan fingerprint density at radius 3 is 1.03 bits per heavy atom. The molecule has 4 nitrogen and oxygen atoms in total. The fourth-order valence-electron chi connectivity index (χ4n) is 3.23. The van der Waals surface area contributed by atoms with E-state index in [-0.39, 0.29) is 0 Å². The van der Waals surface area contributed by atoms with Crippen LogP contribution in [-0.4, -0.2) is 0 Å². The zero-order valence-corrected chi connectivity index (χ0v) is 16.6. The third kappa shape index (κ3) is 4.45. The van der Waals surface area contributed by atoms with Crippen molar-refractivity contribution in [2.75, 3.05) is 22.1 Å². The molecule has 4 aromatic rings. The van der Waals surface area contributed by atoms with Crippen LogP contribution in [0.25, 0.3) is 12.2 Å². The van der Waals surface area contributed by atoms with Gasteiger partial charge in [-0.2, -0.15) is 0 Å². The van der Waals surface area contributed by atoms with Crippen molar-refractivity contribution in [2.45, 2.75) is 0 Å². The Morgan fingerprint density at radius 1 is 0.400 bits per heavy atom. The Morgan fingerprint density at radius 2 is 0.667 bits per heavy atom. The molecule has 0 unspecified atom stereocenters.